The molecule has 0 bridgehead atoms. The Kier molecular flexibility index (Phi) is 6.63. The molecule has 2 atom stereocenters. The van der Waals surface area contributed by atoms with Crippen molar-refractivity contribution in [2.24, 2.45) is 0 Å². The molecule has 7 heteroatoms. The van der Waals surface area contributed by atoms with E-state index in [1.807, 2.05) is 96.8 Å². The molecule has 5 aromatic rings. The molecule has 194 valence electrons. The molecule has 6 nitrogen and oxygen atoms in total. The van der Waals surface area contributed by atoms with Gasteiger partial charge in [0.1, 0.15) is 5.82 Å². The molecule has 0 aliphatic carbocycles. The van der Waals surface area contributed by atoms with Crippen LogP contribution in [0.3, 0.4) is 0 Å². The first kappa shape index (κ1) is 24.9. The maximum atomic E-state index is 14.2. The average Bonchev–Trinajstić information content (AvgIpc) is 3.38. The van der Waals surface area contributed by atoms with E-state index in [0.29, 0.717) is 34.7 Å². The summed E-state index contributed by atoms with van der Waals surface area (Å²) in [4.78, 5) is 34.3. The highest BCUT2D eigenvalue weighted by molar-refractivity contribution is 6.31. The van der Waals surface area contributed by atoms with Crippen LogP contribution in [-0.4, -0.2) is 20.5 Å². The summed E-state index contributed by atoms with van der Waals surface area (Å²) in [6.45, 7) is 2.49. The van der Waals surface area contributed by atoms with Gasteiger partial charge in [0.2, 0.25) is 0 Å². The SMILES string of the molecule is CC(c1ccccc1)N(C(=O)Nc1ccccc1-c1ccccc1)C1CCn2c1nc1ccc(Cl)cc1c2=O. The smallest absolute Gasteiger partial charge is 0.308 e. The van der Waals surface area contributed by atoms with Crippen LogP contribution in [0, 0.1) is 0 Å². The molecular weight excluding hydrogens is 508 g/mol. The molecule has 39 heavy (non-hydrogen) atoms. The number of rotatable bonds is 5. The second kappa shape index (κ2) is 10.4. The van der Waals surface area contributed by atoms with Crippen LogP contribution < -0.4 is 10.9 Å². The van der Waals surface area contributed by atoms with Gasteiger partial charge in [-0.2, -0.15) is 0 Å². The highest BCUT2D eigenvalue weighted by Gasteiger charge is 2.37. The standard InChI is InChI=1S/C32H27ClN4O2/c1-21(22-10-4-2-5-11-22)37(32(39)35-27-15-9-8-14-25(27)23-12-6-3-7-13-23)29-18-19-36-30(29)34-28-17-16-24(33)20-26(28)31(36)38/h2-17,20-21,29H,18-19H2,1H3,(H,35,39). The Hall–Kier alpha value is -4.42. The first-order chi connectivity index (χ1) is 19.0. The number of hydrogen-bond acceptors (Lipinski definition) is 3. The highest BCUT2D eigenvalue weighted by atomic mass is 35.5. The van der Waals surface area contributed by atoms with Gasteiger partial charge in [0, 0.05) is 17.1 Å². The monoisotopic (exact) mass is 534 g/mol. The number of nitrogens with zero attached hydrogens (tertiary/aromatic N) is 3. The average molecular weight is 535 g/mol. The molecule has 0 saturated heterocycles. The minimum Gasteiger partial charge on any atom is -0.308 e. The van der Waals surface area contributed by atoms with Gasteiger partial charge >= 0.3 is 6.03 Å². The molecule has 0 saturated carbocycles. The number of para-hydroxylation sites is 1. The maximum Gasteiger partial charge on any atom is 0.322 e. The van der Waals surface area contributed by atoms with Gasteiger partial charge in [-0.15, -0.1) is 0 Å². The van der Waals surface area contributed by atoms with Crippen molar-refractivity contribution in [2.45, 2.75) is 32.0 Å². The van der Waals surface area contributed by atoms with Gasteiger partial charge in [-0.3, -0.25) is 9.36 Å². The van der Waals surface area contributed by atoms with Gasteiger partial charge in [0.15, 0.2) is 0 Å². The summed E-state index contributed by atoms with van der Waals surface area (Å²) < 4.78 is 1.68. The molecule has 2 unspecified atom stereocenters. The Morgan fingerprint density at radius 3 is 2.44 bits per heavy atom. The van der Waals surface area contributed by atoms with E-state index in [1.165, 1.54) is 0 Å². The predicted molar refractivity (Wildman–Crippen MR) is 156 cm³/mol. The summed E-state index contributed by atoms with van der Waals surface area (Å²) in [5, 5.41) is 4.16. The van der Waals surface area contributed by atoms with Crippen LogP contribution in [0.2, 0.25) is 5.02 Å². The van der Waals surface area contributed by atoms with Crippen molar-refractivity contribution in [1.82, 2.24) is 14.5 Å². The number of benzene rings is 4. The Balaban J connectivity index is 1.43. The zero-order valence-electron chi connectivity index (χ0n) is 21.4. The molecule has 1 aliphatic heterocycles. The minimum atomic E-state index is -0.392. The lowest BCUT2D eigenvalue weighted by atomic mass is 10.0. The molecule has 0 radical (unpaired) electrons. The zero-order valence-corrected chi connectivity index (χ0v) is 22.2. The molecule has 0 spiro atoms. The van der Waals surface area contributed by atoms with E-state index in [4.69, 9.17) is 16.6 Å². The molecular formula is C32H27ClN4O2. The second-order valence-electron chi connectivity index (χ2n) is 9.73. The van der Waals surface area contributed by atoms with Crippen LogP contribution in [0.1, 0.15) is 36.8 Å². The Bertz CT molecular complexity index is 1720. The largest absolute Gasteiger partial charge is 0.322 e. The van der Waals surface area contributed by atoms with E-state index in [9.17, 15) is 9.59 Å². The van der Waals surface area contributed by atoms with Crippen molar-refractivity contribution in [1.29, 1.82) is 0 Å². The molecule has 6 rings (SSSR count). The summed E-state index contributed by atoms with van der Waals surface area (Å²) in [5.74, 6) is 0.587. The van der Waals surface area contributed by atoms with Crippen LogP contribution in [0.15, 0.2) is 108 Å². The van der Waals surface area contributed by atoms with Crippen molar-refractivity contribution in [2.75, 3.05) is 5.32 Å². The first-order valence-electron chi connectivity index (χ1n) is 13.0. The van der Waals surface area contributed by atoms with Crippen LogP contribution in [0.25, 0.3) is 22.0 Å². The summed E-state index contributed by atoms with van der Waals surface area (Å²) in [5.41, 5.74) is 4.10. The molecule has 2 heterocycles. The summed E-state index contributed by atoms with van der Waals surface area (Å²) in [6, 6.07) is 31.9. The summed E-state index contributed by atoms with van der Waals surface area (Å²) >= 11 is 6.17. The van der Waals surface area contributed by atoms with Gasteiger partial charge in [0.25, 0.3) is 5.56 Å². The van der Waals surface area contributed by atoms with Crippen LogP contribution in [0.5, 0.6) is 0 Å². The fourth-order valence-corrected chi connectivity index (χ4v) is 5.62. The van der Waals surface area contributed by atoms with Crippen molar-refractivity contribution >= 4 is 34.2 Å². The van der Waals surface area contributed by atoms with Crippen molar-refractivity contribution < 1.29 is 4.79 Å². The third-order valence-corrected chi connectivity index (χ3v) is 7.63. The normalized spacial score (nSPS) is 15.1. The van der Waals surface area contributed by atoms with Crippen LogP contribution in [0.4, 0.5) is 10.5 Å². The number of nitrogens with one attached hydrogen (secondary N) is 1. The van der Waals surface area contributed by atoms with Gasteiger partial charge in [-0.1, -0.05) is 90.5 Å². The van der Waals surface area contributed by atoms with E-state index >= 15 is 0 Å². The Labute approximate surface area is 231 Å². The fraction of sp³-hybridized carbons (Fsp3) is 0.156. The van der Waals surface area contributed by atoms with Crippen LogP contribution in [-0.2, 0) is 6.54 Å². The number of carbonyl (C=O) groups excluding carboxylic acids is 1. The predicted octanol–water partition coefficient (Wildman–Crippen LogP) is 7.46. The molecule has 2 amide bonds. The van der Waals surface area contributed by atoms with E-state index in [-0.39, 0.29) is 17.6 Å². The van der Waals surface area contributed by atoms with E-state index in [1.54, 1.807) is 22.8 Å². The van der Waals surface area contributed by atoms with Gasteiger partial charge < -0.3 is 10.2 Å². The number of aromatic nitrogens is 2. The van der Waals surface area contributed by atoms with Crippen LogP contribution >= 0.6 is 11.6 Å². The zero-order chi connectivity index (χ0) is 26.9. The molecule has 1 N–H and O–H groups in total. The number of urea groups is 1. The van der Waals surface area contributed by atoms with E-state index in [0.717, 1.165) is 22.4 Å². The van der Waals surface area contributed by atoms with Gasteiger partial charge in [-0.25, -0.2) is 9.78 Å². The lowest BCUT2D eigenvalue weighted by molar-refractivity contribution is 0.159. The number of fused-ring (bicyclic) bond motifs is 2. The number of carbonyl (C=O) groups is 1. The third kappa shape index (κ3) is 4.68. The summed E-state index contributed by atoms with van der Waals surface area (Å²) in [7, 11) is 0. The third-order valence-electron chi connectivity index (χ3n) is 7.39. The molecule has 4 aromatic carbocycles. The first-order valence-corrected chi connectivity index (χ1v) is 13.4. The number of hydrogen-bond donors (Lipinski definition) is 1. The minimum absolute atomic E-state index is 0.137. The van der Waals surface area contributed by atoms with Crippen molar-refractivity contribution in [3.8, 4) is 11.1 Å². The fourth-order valence-electron chi connectivity index (χ4n) is 5.45. The topological polar surface area (TPSA) is 67.2 Å². The molecule has 1 aliphatic rings. The van der Waals surface area contributed by atoms with Crippen molar-refractivity contribution in [3.63, 3.8) is 0 Å². The lowest BCUT2D eigenvalue weighted by Crippen LogP contribution is -2.40. The summed E-state index contributed by atoms with van der Waals surface area (Å²) in [6.07, 6.45) is 0.581. The molecule has 1 aromatic heterocycles. The number of halogens is 1. The Morgan fingerprint density at radius 1 is 0.974 bits per heavy atom. The number of amides is 2. The Morgan fingerprint density at radius 2 is 1.67 bits per heavy atom. The van der Waals surface area contributed by atoms with Gasteiger partial charge in [-0.05, 0) is 48.7 Å². The van der Waals surface area contributed by atoms with Crippen molar-refractivity contribution in [3.05, 3.63) is 130 Å². The second-order valence-corrected chi connectivity index (χ2v) is 10.2. The quantitative estimate of drug-likeness (QED) is 0.254. The maximum absolute atomic E-state index is 14.2. The highest BCUT2D eigenvalue weighted by Crippen LogP contribution is 2.37. The number of anilines is 1. The van der Waals surface area contributed by atoms with E-state index < -0.39 is 6.04 Å². The van der Waals surface area contributed by atoms with Gasteiger partial charge in [0.05, 0.1) is 28.7 Å². The molecule has 0 fully saturated rings. The lowest BCUT2D eigenvalue weighted by Gasteiger charge is -2.34. The van der Waals surface area contributed by atoms with E-state index in [2.05, 4.69) is 5.32 Å².